The van der Waals surface area contributed by atoms with Gasteiger partial charge in [0.05, 0.1) is 0 Å². The van der Waals surface area contributed by atoms with Crippen molar-refractivity contribution in [2.75, 3.05) is 12.5 Å². The molecule has 0 amide bonds. The van der Waals surface area contributed by atoms with Crippen LogP contribution in [0.4, 0.5) is 0 Å². The number of thiocyanates is 1. The molecule has 0 aromatic rings. The van der Waals surface area contributed by atoms with Crippen LogP contribution in [-0.4, -0.2) is 12.5 Å². The average molecular weight is 115 g/mol. The van der Waals surface area contributed by atoms with Gasteiger partial charge in [0, 0.05) is 0 Å². The molecule has 0 unspecified atom stereocenters. The first-order valence-electron chi connectivity index (χ1n) is 1.89. The fraction of sp³-hybridized carbons (Fsp3) is 0.400. The van der Waals surface area contributed by atoms with Gasteiger partial charge in [-0.1, -0.05) is 6.58 Å². The van der Waals surface area contributed by atoms with E-state index in [1.54, 1.807) is 5.41 Å². The topological polar surface area (TPSA) is 23.8 Å². The minimum Gasteiger partial charge on any atom is -0.187 e. The number of nitriles is 1. The van der Waals surface area contributed by atoms with Gasteiger partial charge in [0.1, 0.15) is 5.40 Å². The summed E-state index contributed by atoms with van der Waals surface area (Å²) in [6, 6.07) is 0. The fourth-order valence-corrected chi connectivity index (χ4v) is 0.112. The van der Waals surface area contributed by atoms with Gasteiger partial charge in [-0.3, -0.25) is 0 Å². The van der Waals surface area contributed by atoms with Gasteiger partial charge in [-0.15, -0.1) is 10.0 Å². The summed E-state index contributed by atoms with van der Waals surface area (Å²) in [6.07, 6.45) is 3.81. The van der Waals surface area contributed by atoms with E-state index >= 15 is 0 Å². The van der Waals surface area contributed by atoms with Crippen LogP contribution in [-0.2, 0) is 0 Å². The van der Waals surface area contributed by atoms with E-state index in [0.29, 0.717) is 0 Å². The normalized spacial score (nSPS) is 12.1. The van der Waals surface area contributed by atoms with Gasteiger partial charge in [-0.25, -0.2) is 0 Å². The highest BCUT2D eigenvalue weighted by molar-refractivity contribution is 8.38. The lowest BCUT2D eigenvalue weighted by Gasteiger charge is -2.12. The van der Waals surface area contributed by atoms with Crippen LogP contribution in [0.25, 0.3) is 0 Å². The van der Waals surface area contributed by atoms with E-state index in [9.17, 15) is 0 Å². The maximum Gasteiger partial charge on any atom is 0.116 e. The molecule has 0 aromatic heterocycles. The van der Waals surface area contributed by atoms with E-state index in [2.05, 4.69) is 12.0 Å². The Morgan fingerprint density at radius 2 is 2.14 bits per heavy atom. The van der Waals surface area contributed by atoms with Crippen molar-refractivity contribution in [3.8, 4) is 5.40 Å². The van der Waals surface area contributed by atoms with E-state index in [1.807, 2.05) is 12.5 Å². The molecule has 2 heteroatoms. The lowest BCUT2D eigenvalue weighted by molar-refractivity contribution is 1.56. The van der Waals surface area contributed by atoms with Crippen molar-refractivity contribution in [1.82, 2.24) is 0 Å². The quantitative estimate of drug-likeness (QED) is 0.477. The Kier molecular flexibility index (Phi) is 1.91. The molecule has 0 aliphatic carbocycles. The van der Waals surface area contributed by atoms with Crippen LogP contribution in [0.3, 0.4) is 0 Å². The maximum absolute atomic E-state index is 8.31. The average Bonchev–Trinajstić information content (AvgIpc) is 1.68. The summed E-state index contributed by atoms with van der Waals surface area (Å²) in [5, 5.41) is 12.2. The number of hydrogen-bond donors (Lipinski definition) is 0. The molecule has 0 aliphatic heterocycles. The molecule has 0 heterocycles. The third-order valence-corrected chi connectivity index (χ3v) is 1.96. The molecule has 0 aliphatic rings. The highest BCUT2D eigenvalue weighted by Gasteiger charge is 2.00. The molecule has 0 saturated carbocycles. The molecular weight excluding hydrogens is 106 g/mol. The lowest BCUT2D eigenvalue weighted by Crippen LogP contribution is -1.80. The molecule has 0 bridgehead atoms. The second-order valence-electron chi connectivity index (χ2n) is 1.66. The summed E-state index contributed by atoms with van der Waals surface area (Å²) in [6.45, 7) is 3.52. The molecule has 0 radical (unpaired) electrons. The summed E-state index contributed by atoms with van der Waals surface area (Å²) in [5.74, 6) is 0. The van der Waals surface area contributed by atoms with Crippen LogP contribution in [0.1, 0.15) is 0 Å². The van der Waals surface area contributed by atoms with Crippen LogP contribution in [0.2, 0.25) is 0 Å². The molecule has 40 valence electrons. The molecule has 7 heavy (non-hydrogen) atoms. The Morgan fingerprint density at radius 1 is 1.71 bits per heavy atom. The van der Waals surface area contributed by atoms with Gasteiger partial charge >= 0.3 is 0 Å². The second kappa shape index (κ2) is 2.04. The molecule has 0 fully saturated rings. The van der Waals surface area contributed by atoms with Crippen molar-refractivity contribution in [3.05, 3.63) is 12.0 Å². The Hall–Kier alpha value is -0.420. The van der Waals surface area contributed by atoms with Crippen molar-refractivity contribution in [1.29, 1.82) is 5.26 Å². The second-order valence-corrected chi connectivity index (χ2v) is 4.99. The molecule has 0 rings (SSSR count). The van der Waals surface area contributed by atoms with Crippen LogP contribution >= 0.6 is 10.0 Å². The molecule has 0 spiro atoms. The van der Waals surface area contributed by atoms with Crippen LogP contribution < -0.4 is 0 Å². The predicted molar refractivity (Wildman–Crippen MR) is 35.2 cm³/mol. The van der Waals surface area contributed by atoms with Crippen LogP contribution in [0, 0.1) is 10.7 Å². The Bertz CT molecular complexity index is 110. The van der Waals surface area contributed by atoms with Crippen molar-refractivity contribution >= 4 is 10.0 Å². The lowest BCUT2D eigenvalue weighted by atomic mass is 11.3. The standard InChI is InChI=1S/C5H9NS/c1-4-7(2,3)5-6/h4H,1H2,2-3H3. The fourth-order valence-electron chi connectivity index (χ4n) is 0.0373. The molecule has 0 aromatic carbocycles. The third-order valence-electron chi connectivity index (χ3n) is 0.652. The van der Waals surface area contributed by atoms with Crippen molar-refractivity contribution in [3.63, 3.8) is 0 Å². The minimum absolute atomic E-state index is 1.09. The summed E-state index contributed by atoms with van der Waals surface area (Å²) < 4.78 is 0. The highest BCUT2D eigenvalue weighted by Crippen LogP contribution is 2.38. The largest absolute Gasteiger partial charge is 0.187 e. The highest BCUT2D eigenvalue weighted by atomic mass is 32.3. The van der Waals surface area contributed by atoms with Gasteiger partial charge in [-0.05, 0) is 17.9 Å². The molecule has 0 saturated heterocycles. The van der Waals surface area contributed by atoms with Crippen LogP contribution in [0.5, 0.6) is 0 Å². The van der Waals surface area contributed by atoms with Crippen LogP contribution in [0.15, 0.2) is 12.0 Å². The minimum atomic E-state index is -1.09. The maximum atomic E-state index is 8.31. The first kappa shape index (κ1) is 6.58. The summed E-state index contributed by atoms with van der Waals surface area (Å²) in [5.41, 5.74) is 0. The summed E-state index contributed by atoms with van der Waals surface area (Å²) in [4.78, 5) is 0. The summed E-state index contributed by atoms with van der Waals surface area (Å²) in [7, 11) is -1.09. The Balaban J connectivity index is 3.91. The van der Waals surface area contributed by atoms with Gasteiger partial charge < -0.3 is 0 Å². The van der Waals surface area contributed by atoms with Gasteiger partial charge in [0.25, 0.3) is 0 Å². The van der Waals surface area contributed by atoms with Crippen molar-refractivity contribution < 1.29 is 0 Å². The summed E-state index contributed by atoms with van der Waals surface area (Å²) >= 11 is 0. The van der Waals surface area contributed by atoms with E-state index in [4.69, 9.17) is 5.26 Å². The zero-order valence-electron chi connectivity index (χ0n) is 4.64. The van der Waals surface area contributed by atoms with Gasteiger partial charge in [0.2, 0.25) is 0 Å². The predicted octanol–water partition coefficient (Wildman–Crippen LogP) is 1.68. The molecular formula is C5H9NS. The first-order chi connectivity index (χ1) is 3.12. The molecule has 0 atom stereocenters. The Labute approximate surface area is 46.0 Å². The molecule has 1 nitrogen and oxygen atoms in total. The van der Waals surface area contributed by atoms with E-state index < -0.39 is 10.0 Å². The third kappa shape index (κ3) is 2.30. The zero-order valence-corrected chi connectivity index (χ0v) is 5.46. The van der Waals surface area contributed by atoms with E-state index in [0.717, 1.165) is 0 Å². The number of rotatable bonds is 1. The Morgan fingerprint density at radius 3 is 2.14 bits per heavy atom. The SMILES string of the molecule is C=CS(C)(C)C#N. The monoisotopic (exact) mass is 115 g/mol. The van der Waals surface area contributed by atoms with Gasteiger partial charge in [-0.2, -0.15) is 5.26 Å². The van der Waals surface area contributed by atoms with E-state index in [-0.39, 0.29) is 0 Å². The molecule has 0 N–H and O–H groups in total. The van der Waals surface area contributed by atoms with Gasteiger partial charge in [0.15, 0.2) is 0 Å². The van der Waals surface area contributed by atoms with Crippen molar-refractivity contribution in [2.24, 2.45) is 0 Å². The zero-order chi connectivity index (χ0) is 5.91. The smallest absolute Gasteiger partial charge is 0.116 e. The number of nitrogens with zero attached hydrogens (tertiary/aromatic N) is 1. The van der Waals surface area contributed by atoms with Crippen molar-refractivity contribution in [2.45, 2.75) is 0 Å². The van der Waals surface area contributed by atoms with E-state index in [1.165, 1.54) is 0 Å². The number of hydrogen-bond acceptors (Lipinski definition) is 1. The first-order valence-corrected chi connectivity index (χ1v) is 4.40.